The van der Waals surface area contributed by atoms with E-state index < -0.39 is 0 Å². The third-order valence-corrected chi connectivity index (χ3v) is 2.23. The summed E-state index contributed by atoms with van der Waals surface area (Å²) in [6, 6.07) is 8.14. The monoisotopic (exact) mass is 186 g/mol. The van der Waals surface area contributed by atoms with Gasteiger partial charge in [0.05, 0.1) is 11.2 Å². The smallest absolute Gasteiger partial charge is 0.0927 e. The van der Waals surface area contributed by atoms with Gasteiger partial charge in [-0.3, -0.25) is 5.10 Å². The van der Waals surface area contributed by atoms with Gasteiger partial charge >= 0.3 is 0 Å². The fraction of sp³-hybridized carbons (Fsp3) is 0.250. The second kappa shape index (κ2) is 4.09. The summed E-state index contributed by atoms with van der Waals surface area (Å²) in [5.41, 5.74) is 2.14. The number of unbranched alkanes of at least 4 members (excludes halogenated alkanes) is 1. The molecular weight excluding hydrogens is 172 g/mol. The lowest BCUT2D eigenvalue weighted by molar-refractivity contribution is 0.961. The predicted octanol–water partition coefficient (Wildman–Crippen LogP) is 3.38. The number of nitrogens with one attached hydrogen (secondary N) is 1. The van der Waals surface area contributed by atoms with Gasteiger partial charge in [0.1, 0.15) is 0 Å². The SMILES string of the molecule is CCCC=Cc1[nH]nc2ccccc12. The number of H-pyrrole nitrogens is 1. The van der Waals surface area contributed by atoms with E-state index >= 15 is 0 Å². The fourth-order valence-electron chi connectivity index (χ4n) is 1.47. The van der Waals surface area contributed by atoms with Crippen LogP contribution in [-0.2, 0) is 0 Å². The molecule has 0 atom stereocenters. The summed E-state index contributed by atoms with van der Waals surface area (Å²) in [6.07, 6.45) is 6.59. The molecule has 0 saturated heterocycles. The van der Waals surface area contributed by atoms with E-state index in [2.05, 4.69) is 35.3 Å². The second-order valence-electron chi connectivity index (χ2n) is 3.35. The molecule has 0 saturated carbocycles. The molecule has 14 heavy (non-hydrogen) atoms. The van der Waals surface area contributed by atoms with Gasteiger partial charge in [-0.15, -0.1) is 0 Å². The second-order valence-corrected chi connectivity index (χ2v) is 3.35. The van der Waals surface area contributed by atoms with Crippen LogP contribution >= 0.6 is 0 Å². The third kappa shape index (κ3) is 1.69. The van der Waals surface area contributed by atoms with Crippen molar-refractivity contribution in [3.05, 3.63) is 36.0 Å². The Labute approximate surface area is 83.6 Å². The Bertz CT molecular complexity index is 440. The van der Waals surface area contributed by atoms with Crippen LogP contribution in [0, 0.1) is 0 Å². The minimum absolute atomic E-state index is 1.03. The van der Waals surface area contributed by atoms with Crippen molar-refractivity contribution < 1.29 is 0 Å². The van der Waals surface area contributed by atoms with Gasteiger partial charge in [-0.2, -0.15) is 5.10 Å². The van der Waals surface area contributed by atoms with Crippen LogP contribution in [0.2, 0.25) is 0 Å². The summed E-state index contributed by atoms with van der Waals surface area (Å²) >= 11 is 0. The summed E-state index contributed by atoms with van der Waals surface area (Å²) in [6.45, 7) is 2.18. The topological polar surface area (TPSA) is 28.7 Å². The van der Waals surface area contributed by atoms with Crippen LogP contribution in [0.25, 0.3) is 17.0 Å². The first-order chi connectivity index (χ1) is 6.92. The highest BCUT2D eigenvalue weighted by Crippen LogP contribution is 2.16. The van der Waals surface area contributed by atoms with Crippen LogP contribution in [0.1, 0.15) is 25.5 Å². The van der Waals surface area contributed by atoms with E-state index in [0.717, 1.165) is 17.6 Å². The van der Waals surface area contributed by atoms with Crippen LogP contribution in [0.5, 0.6) is 0 Å². The molecule has 0 bridgehead atoms. The van der Waals surface area contributed by atoms with E-state index in [9.17, 15) is 0 Å². The van der Waals surface area contributed by atoms with Gasteiger partial charge in [0.2, 0.25) is 0 Å². The van der Waals surface area contributed by atoms with Gasteiger partial charge in [-0.1, -0.05) is 37.6 Å². The minimum Gasteiger partial charge on any atom is -0.277 e. The van der Waals surface area contributed by atoms with E-state index in [0.29, 0.717) is 0 Å². The summed E-state index contributed by atoms with van der Waals surface area (Å²) in [5.74, 6) is 0. The third-order valence-electron chi connectivity index (χ3n) is 2.23. The maximum absolute atomic E-state index is 4.22. The number of rotatable bonds is 3. The number of para-hydroxylation sites is 1. The van der Waals surface area contributed by atoms with Gasteiger partial charge in [-0.05, 0) is 18.6 Å². The molecule has 0 aliphatic carbocycles. The maximum Gasteiger partial charge on any atom is 0.0927 e. The first kappa shape index (κ1) is 9.00. The van der Waals surface area contributed by atoms with Crippen molar-refractivity contribution in [3.8, 4) is 0 Å². The van der Waals surface area contributed by atoms with Crippen molar-refractivity contribution >= 4 is 17.0 Å². The highest BCUT2D eigenvalue weighted by atomic mass is 15.1. The van der Waals surface area contributed by atoms with Crippen molar-refractivity contribution in [3.63, 3.8) is 0 Å². The Morgan fingerprint density at radius 1 is 1.36 bits per heavy atom. The van der Waals surface area contributed by atoms with Gasteiger partial charge in [0.15, 0.2) is 0 Å². The number of aromatic amines is 1. The average molecular weight is 186 g/mol. The molecule has 1 N–H and O–H groups in total. The van der Waals surface area contributed by atoms with Crippen molar-refractivity contribution in [2.75, 3.05) is 0 Å². The number of hydrogen-bond donors (Lipinski definition) is 1. The number of allylic oxidation sites excluding steroid dienone is 1. The van der Waals surface area contributed by atoms with Crippen LogP contribution in [0.15, 0.2) is 30.3 Å². The lowest BCUT2D eigenvalue weighted by Gasteiger charge is -1.89. The van der Waals surface area contributed by atoms with E-state index in [1.165, 1.54) is 11.8 Å². The molecule has 2 rings (SSSR count). The molecule has 2 heteroatoms. The van der Waals surface area contributed by atoms with Gasteiger partial charge in [0.25, 0.3) is 0 Å². The molecule has 0 aliphatic rings. The Balaban J connectivity index is 2.34. The van der Waals surface area contributed by atoms with Crippen molar-refractivity contribution in [1.29, 1.82) is 0 Å². The highest BCUT2D eigenvalue weighted by Gasteiger charge is 1.99. The van der Waals surface area contributed by atoms with E-state index in [1.807, 2.05) is 18.2 Å². The van der Waals surface area contributed by atoms with Crippen LogP contribution < -0.4 is 0 Å². The quantitative estimate of drug-likeness (QED) is 0.782. The normalized spacial score (nSPS) is 11.5. The number of hydrogen-bond acceptors (Lipinski definition) is 1. The lowest BCUT2D eigenvalue weighted by Crippen LogP contribution is -1.71. The zero-order valence-corrected chi connectivity index (χ0v) is 8.33. The van der Waals surface area contributed by atoms with Crippen LogP contribution in [-0.4, -0.2) is 10.2 Å². The van der Waals surface area contributed by atoms with E-state index in [4.69, 9.17) is 0 Å². The minimum atomic E-state index is 1.03. The number of fused-ring (bicyclic) bond motifs is 1. The Kier molecular flexibility index (Phi) is 2.63. The molecular formula is C12H14N2. The van der Waals surface area contributed by atoms with E-state index in [-0.39, 0.29) is 0 Å². The standard InChI is InChI=1S/C12H14N2/c1-2-3-4-8-11-10-7-5-6-9-12(10)14-13-11/h4-9H,2-3H2,1H3,(H,13,14). The van der Waals surface area contributed by atoms with E-state index in [1.54, 1.807) is 0 Å². The fourth-order valence-corrected chi connectivity index (χ4v) is 1.47. The zero-order chi connectivity index (χ0) is 9.80. The average Bonchev–Trinajstić information content (AvgIpc) is 2.63. The number of nitrogens with zero attached hydrogens (tertiary/aromatic N) is 1. The molecule has 0 unspecified atom stereocenters. The van der Waals surface area contributed by atoms with Gasteiger partial charge < -0.3 is 0 Å². The number of aromatic nitrogens is 2. The first-order valence-electron chi connectivity index (χ1n) is 5.01. The summed E-state index contributed by atoms with van der Waals surface area (Å²) in [7, 11) is 0. The summed E-state index contributed by atoms with van der Waals surface area (Å²) < 4.78 is 0. The van der Waals surface area contributed by atoms with Crippen molar-refractivity contribution in [1.82, 2.24) is 10.2 Å². The first-order valence-corrected chi connectivity index (χ1v) is 5.01. The molecule has 0 amide bonds. The Morgan fingerprint density at radius 2 is 2.21 bits per heavy atom. The largest absolute Gasteiger partial charge is 0.277 e. The molecule has 1 aromatic carbocycles. The summed E-state index contributed by atoms with van der Waals surface area (Å²) in [5, 5.41) is 8.45. The molecule has 0 spiro atoms. The van der Waals surface area contributed by atoms with Crippen molar-refractivity contribution in [2.45, 2.75) is 19.8 Å². The molecule has 1 heterocycles. The molecule has 0 aliphatic heterocycles. The highest BCUT2D eigenvalue weighted by molar-refractivity contribution is 5.86. The maximum atomic E-state index is 4.22. The van der Waals surface area contributed by atoms with Gasteiger partial charge in [0, 0.05) is 5.39 Å². The van der Waals surface area contributed by atoms with Crippen LogP contribution in [0.4, 0.5) is 0 Å². The molecule has 0 fully saturated rings. The number of benzene rings is 1. The molecule has 2 aromatic rings. The predicted molar refractivity (Wildman–Crippen MR) is 60.0 cm³/mol. The Morgan fingerprint density at radius 3 is 3.07 bits per heavy atom. The Hall–Kier alpha value is -1.57. The molecule has 0 radical (unpaired) electrons. The molecule has 1 aromatic heterocycles. The molecule has 72 valence electrons. The van der Waals surface area contributed by atoms with Gasteiger partial charge in [-0.25, -0.2) is 0 Å². The summed E-state index contributed by atoms with van der Waals surface area (Å²) in [4.78, 5) is 0. The van der Waals surface area contributed by atoms with Crippen LogP contribution in [0.3, 0.4) is 0 Å². The van der Waals surface area contributed by atoms with Crippen molar-refractivity contribution in [2.24, 2.45) is 0 Å². The lowest BCUT2D eigenvalue weighted by atomic mass is 10.2. The molecule has 2 nitrogen and oxygen atoms in total. The zero-order valence-electron chi connectivity index (χ0n) is 8.33.